The highest BCUT2D eigenvalue weighted by molar-refractivity contribution is 5.50. The molecule has 0 aliphatic heterocycles. The van der Waals surface area contributed by atoms with Crippen LogP contribution in [0.25, 0.3) is 6.20 Å². The summed E-state index contributed by atoms with van der Waals surface area (Å²) >= 11 is 0. The van der Waals surface area contributed by atoms with Crippen molar-refractivity contribution < 1.29 is 0 Å². The summed E-state index contributed by atoms with van der Waals surface area (Å²) in [5.74, 6) is 0. The summed E-state index contributed by atoms with van der Waals surface area (Å²) in [6.07, 6.45) is 9.29. The molecule has 0 bridgehead atoms. The van der Waals surface area contributed by atoms with Crippen LogP contribution in [0.15, 0.2) is 37.2 Å². The van der Waals surface area contributed by atoms with E-state index in [9.17, 15) is 0 Å². The van der Waals surface area contributed by atoms with E-state index in [2.05, 4.69) is 35.2 Å². The maximum atomic E-state index is 4.16. The number of aromatic nitrogens is 2. The summed E-state index contributed by atoms with van der Waals surface area (Å²) in [4.78, 5) is 0. The zero-order valence-corrected chi connectivity index (χ0v) is 10.4. The number of hydrogen-bond acceptors (Lipinski definition) is 2. The molecular weight excluding hydrogens is 222 g/mol. The summed E-state index contributed by atoms with van der Waals surface area (Å²) in [5, 5.41) is 7.60. The number of aryl methyl sites for hydroxylation is 2. The van der Waals surface area contributed by atoms with Gasteiger partial charge in [0, 0.05) is 30.2 Å². The molecule has 1 aromatic heterocycles. The Labute approximate surface area is 107 Å². The Balaban J connectivity index is 1.68. The van der Waals surface area contributed by atoms with Crippen molar-refractivity contribution in [3.8, 4) is 0 Å². The second-order valence-corrected chi connectivity index (χ2v) is 4.70. The van der Waals surface area contributed by atoms with Crippen LogP contribution in [0.2, 0.25) is 0 Å². The zero-order valence-electron chi connectivity index (χ0n) is 10.4. The topological polar surface area (TPSA) is 29.9 Å². The van der Waals surface area contributed by atoms with Crippen LogP contribution in [0, 0.1) is 0 Å². The molecule has 92 valence electrons. The van der Waals surface area contributed by atoms with Crippen molar-refractivity contribution in [1.82, 2.24) is 9.78 Å². The SMILES string of the molecule is C=Cn1cc(CNc2ccc3c(c2)CCC3)cn1. The van der Waals surface area contributed by atoms with Crippen LogP contribution in [-0.4, -0.2) is 9.78 Å². The fourth-order valence-corrected chi connectivity index (χ4v) is 2.45. The van der Waals surface area contributed by atoms with Crippen LogP contribution in [-0.2, 0) is 19.4 Å². The first-order chi connectivity index (χ1) is 8.85. The van der Waals surface area contributed by atoms with E-state index in [1.807, 2.05) is 12.4 Å². The number of hydrogen-bond donors (Lipinski definition) is 1. The highest BCUT2D eigenvalue weighted by Crippen LogP contribution is 2.25. The molecule has 1 aliphatic carbocycles. The molecule has 18 heavy (non-hydrogen) atoms. The van der Waals surface area contributed by atoms with E-state index in [0.29, 0.717) is 0 Å². The van der Waals surface area contributed by atoms with Gasteiger partial charge in [-0.1, -0.05) is 12.6 Å². The van der Waals surface area contributed by atoms with E-state index < -0.39 is 0 Å². The summed E-state index contributed by atoms with van der Waals surface area (Å²) in [7, 11) is 0. The molecule has 0 unspecified atom stereocenters. The third-order valence-electron chi connectivity index (χ3n) is 3.44. The Morgan fingerprint density at radius 1 is 1.33 bits per heavy atom. The van der Waals surface area contributed by atoms with Crippen molar-refractivity contribution >= 4 is 11.9 Å². The number of rotatable bonds is 4. The molecule has 0 fully saturated rings. The lowest BCUT2D eigenvalue weighted by Gasteiger charge is -2.07. The minimum Gasteiger partial charge on any atom is -0.381 e. The third-order valence-corrected chi connectivity index (χ3v) is 3.44. The lowest BCUT2D eigenvalue weighted by Crippen LogP contribution is -1.99. The second kappa shape index (κ2) is 4.69. The first kappa shape index (κ1) is 11.1. The van der Waals surface area contributed by atoms with Gasteiger partial charge in [0.1, 0.15) is 0 Å². The van der Waals surface area contributed by atoms with Crippen LogP contribution >= 0.6 is 0 Å². The molecule has 0 radical (unpaired) electrons. The summed E-state index contributed by atoms with van der Waals surface area (Å²) in [6.45, 7) is 4.48. The van der Waals surface area contributed by atoms with Crippen LogP contribution in [0.3, 0.4) is 0 Å². The molecule has 1 heterocycles. The van der Waals surface area contributed by atoms with Gasteiger partial charge in [-0.25, -0.2) is 4.68 Å². The maximum Gasteiger partial charge on any atom is 0.0543 e. The largest absolute Gasteiger partial charge is 0.381 e. The van der Waals surface area contributed by atoms with Crippen molar-refractivity contribution in [3.05, 3.63) is 53.9 Å². The van der Waals surface area contributed by atoms with E-state index in [1.165, 1.54) is 36.1 Å². The predicted octanol–water partition coefficient (Wildman–Crippen LogP) is 3.08. The standard InChI is InChI=1S/C15H17N3/c1-2-18-11-12(10-17-18)9-16-15-7-6-13-4-3-5-14(13)8-15/h2,6-8,10-11,16H,1,3-5,9H2. The van der Waals surface area contributed by atoms with Gasteiger partial charge < -0.3 is 5.32 Å². The van der Waals surface area contributed by atoms with Crippen molar-refractivity contribution in [2.45, 2.75) is 25.8 Å². The van der Waals surface area contributed by atoms with Gasteiger partial charge in [-0.2, -0.15) is 5.10 Å². The van der Waals surface area contributed by atoms with Crippen molar-refractivity contribution in [1.29, 1.82) is 0 Å². The van der Waals surface area contributed by atoms with Crippen LogP contribution in [0.1, 0.15) is 23.1 Å². The van der Waals surface area contributed by atoms with E-state index in [1.54, 1.807) is 10.9 Å². The molecule has 3 rings (SSSR count). The minimum atomic E-state index is 0.798. The van der Waals surface area contributed by atoms with Gasteiger partial charge in [0.25, 0.3) is 0 Å². The van der Waals surface area contributed by atoms with Crippen molar-refractivity contribution in [2.24, 2.45) is 0 Å². The Kier molecular flexibility index (Phi) is 2.89. The number of nitrogens with one attached hydrogen (secondary N) is 1. The Morgan fingerprint density at radius 2 is 2.22 bits per heavy atom. The van der Waals surface area contributed by atoms with Gasteiger partial charge in [-0.05, 0) is 42.5 Å². The molecule has 1 aliphatic rings. The molecule has 3 nitrogen and oxygen atoms in total. The lowest BCUT2D eigenvalue weighted by molar-refractivity contribution is 0.912. The average molecular weight is 239 g/mol. The van der Waals surface area contributed by atoms with Crippen molar-refractivity contribution in [2.75, 3.05) is 5.32 Å². The Morgan fingerprint density at radius 3 is 3.06 bits per heavy atom. The molecule has 0 saturated heterocycles. The molecule has 0 spiro atoms. The highest BCUT2D eigenvalue weighted by atomic mass is 15.2. The van der Waals surface area contributed by atoms with Gasteiger partial charge in [0.15, 0.2) is 0 Å². The van der Waals surface area contributed by atoms with Crippen LogP contribution < -0.4 is 5.32 Å². The summed E-state index contributed by atoms with van der Waals surface area (Å²) in [6, 6.07) is 6.69. The third kappa shape index (κ3) is 2.16. The first-order valence-corrected chi connectivity index (χ1v) is 6.36. The van der Waals surface area contributed by atoms with E-state index in [0.717, 1.165) is 12.1 Å². The zero-order chi connectivity index (χ0) is 12.4. The Bertz CT molecular complexity index is 569. The normalized spacial score (nSPS) is 13.3. The smallest absolute Gasteiger partial charge is 0.0543 e. The summed E-state index contributed by atoms with van der Waals surface area (Å²) in [5.41, 5.74) is 5.37. The molecule has 0 atom stereocenters. The molecular formula is C15H17N3. The molecule has 1 aromatic carbocycles. The van der Waals surface area contributed by atoms with Crippen molar-refractivity contribution in [3.63, 3.8) is 0 Å². The van der Waals surface area contributed by atoms with Gasteiger partial charge >= 0.3 is 0 Å². The monoisotopic (exact) mass is 239 g/mol. The van der Waals surface area contributed by atoms with Gasteiger partial charge in [-0.3, -0.25) is 0 Å². The number of nitrogens with zero attached hydrogens (tertiary/aromatic N) is 2. The first-order valence-electron chi connectivity index (χ1n) is 6.36. The number of benzene rings is 1. The second-order valence-electron chi connectivity index (χ2n) is 4.70. The lowest BCUT2D eigenvalue weighted by atomic mass is 10.1. The van der Waals surface area contributed by atoms with Crippen LogP contribution in [0.5, 0.6) is 0 Å². The van der Waals surface area contributed by atoms with Crippen LogP contribution in [0.4, 0.5) is 5.69 Å². The molecule has 0 saturated carbocycles. The fourth-order valence-electron chi connectivity index (χ4n) is 2.45. The fraction of sp³-hybridized carbons (Fsp3) is 0.267. The molecule has 1 N–H and O–H groups in total. The minimum absolute atomic E-state index is 0.798. The molecule has 3 heteroatoms. The van der Waals surface area contributed by atoms with E-state index >= 15 is 0 Å². The average Bonchev–Trinajstić information content (AvgIpc) is 3.04. The maximum absolute atomic E-state index is 4.16. The van der Waals surface area contributed by atoms with E-state index in [4.69, 9.17) is 0 Å². The van der Waals surface area contributed by atoms with Gasteiger partial charge in [-0.15, -0.1) is 0 Å². The van der Waals surface area contributed by atoms with Gasteiger partial charge in [0.05, 0.1) is 6.20 Å². The predicted molar refractivity (Wildman–Crippen MR) is 74.4 cm³/mol. The van der Waals surface area contributed by atoms with E-state index in [-0.39, 0.29) is 0 Å². The van der Waals surface area contributed by atoms with Gasteiger partial charge in [0.2, 0.25) is 0 Å². The highest BCUT2D eigenvalue weighted by Gasteiger charge is 2.10. The summed E-state index contributed by atoms with van der Waals surface area (Å²) < 4.78 is 1.72. The Hall–Kier alpha value is -2.03. The quantitative estimate of drug-likeness (QED) is 0.888. The molecule has 0 amide bonds. The molecule has 2 aromatic rings. The number of anilines is 1. The number of fused-ring (bicyclic) bond motifs is 1.